The van der Waals surface area contributed by atoms with E-state index >= 15 is 0 Å². The third kappa shape index (κ3) is 2.91. The van der Waals surface area contributed by atoms with Crippen molar-refractivity contribution >= 4 is 11.8 Å². The van der Waals surface area contributed by atoms with E-state index in [0.717, 1.165) is 17.7 Å². The predicted octanol–water partition coefficient (Wildman–Crippen LogP) is 1.66. The largest absolute Gasteiger partial charge is 0.340 e. The van der Waals surface area contributed by atoms with Gasteiger partial charge in [-0.15, -0.1) is 0 Å². The summed E-state index contributed by atoms with van der Waals surface area (Å²) in [6.07, 6.45) is 3.19. The number of amides is 2. The van der Waals surface area contributed by atoms with E-state index in [1.54, 1.807) is 24.9 Å². The third-order valence-corrected chi connectivity index (χ3v) is 3.98. The lowest BCUT2D eigenvalue weighted by Gasteiger charge is -2.42. The van der Waals surface area contributed by atoms with Crippen LogP contribution in [0.2, 0.25) is 0 Å². The first-order chi connectivity index (χ1) is 9.90. The van der Waals surface area contributed by atoms with Crippen LogP contribution in [0, 0.1) is 0 Å². The van der Waals surface area contributed by atoms with Crippen LogP contribution in [-0.4, -0.2) is 33.3 Å². The minimum atomic E-state index is -0.857. The lowest BCUT2D eigenvalue weighted by Crippen LogP contribution is -2.67. The van der Waals surface area contributed by atoms with Crippen molar-refractivity contribution < 1.29 is 9.59 Å². The highest BCUT2D eigenvalue weighted by Crippen LogP contribution is 2.22. The fourth-order valence-electron chi connectivity index (χ4n) is 2.77. The Bertz CT molecular complexity index is 554. The van der Waals surface area contributed by atoms with E-state index in [1.807, 2.05) is 19.1 Å². The Kier molecular flexibility index (Phi) is 4.30. The fraction of sp³-hybridized carbons (Fsp3) is 0.562. The van der Waals surface area contributed by atoms with Gasteiger partial charge in [0, 0.05) is 6.20 Å². The average Bonchev–Trinajstić information content (AvgIpc) is 2.45. The Labute approximate surface area is 125 Å². The smallest absolute Gasteiger partial charge is 0.248 e. The third-order valence-electron chi connectivity index (χ3n) is 3.98. The highest BCUT2D eigenvalue weighted by Gasteiger charge is 2.44. The molecule has 0 saturated carbocycles. The van der Waals surface area contributed by atoms with E-state index in [0.29, 0.717) is 13.0 Å². The van der Waals surface area contributed by atoms with Crippen LogP contribution < -0.4 is 5.32 Å². The van der Waals surface area contributed by atoms with E-state index in [2.05, 4.69) is 17.2 Å². The molecule has 5 nitrogen and oxygen atoms in total. The molecule has 1 atom stereocenters. The molecule has 2 amide bonds. The Morgan fingerprint density at radius 2 is 2.05 bits per heavy atom. The zero-order chi connectivity index (χ0) is 15.6. The molecule has 1 unspecified atom stereocenters. The zero-order valence-electron chi connectivity index (χ0n) is 13.1. The fourth-order valence-corrected chi connectivity index (χ4v) is 2.77. The molecule has 1 aromatic heterocycles. The SMILES string of the molecule is CCc1cccnc1CN1C(=O)C(C)(C)NC(=O)C1CC. The first-order valence-electron chi connectivity index (χ1n) is 7.46. The first-order valence-corrected chi connectivity index (χ1v) is 7.46. The van der Waals surface area contributed by atoms with Gasteiger partial charge in [0.25, 0.3) is 0 Å². The van der Waals surface area contributed by atoms with Crippen molar-refractivity contribution in [2.24, 2.45) is 0 Å². The Balaban J connectivity index is 2.34. The van der Waals surface area contributed by atoms with Crippen molar-refractivity contribution in [2.45, 2.75) is 58.7 Å². The maximum atomic E-state index is 12.6. The van der Waals surface area contributed by atoms with Crippen molar-refractivity contribution in [2.75, 3.05) is 0 Å². The Hall–Kier alpha value is -1.91. The summed E-state index contributed by atoms with van der Waals surface area (Å²) in [5.41, 5.74) is 1.13. The molecule has 0 aromatic carbocycles. The van der Waals surface area contributed by atoms with E-state index in [1.165, 1.54) is 0 Å². The zero-order valence-corrected chi connectivity index (χ0v) is 13.1. The van der Waals surface area contributed by atoms with Crippen LogP contribution >= 0.6 is 0 Å². The minimum absolute atomic E-state index is 0.0540. The summed E-state index contributed by atoms with van der Waals surface area (Å²) < 4.78 is 0. The van der Waals surface area contributed by atoms with Crippen LogP contribution in [-0.2, 0) is 22.6 Å². The number of nitrogens with zero attached hydrogens (tertiary/aromatic N) is 2. The highest BCUT2D eigenvalue weighted by molar-refractivity contribution is 5.99. The minimum Gasteiger partial charge on any atom is -0.340 e. The molecule has 1 aliphatic rings. The number of piperazine rings is 1. The van der Waals surface area contributed by atoms with Gasteiger partial charge in [0.1, 0.15) is 11.6 Å². The second-order valence-corrected chi connectivity index (χ2v) is 5.93. The van der Waals surface area contributed by atoms with Gasteiger partial charge < -0.3 is 10.2 Å². The molecule has 0 aliphatic carbocycles. The van der Waals surface area contributed by atoms with E-state index in [-0.39, 0.29) is 11.8 Å². The Morgan fingerprint density at radius 3 is 2.67 bits per heavy atom. The molecule has 114 valence electrons. The number of pyridine rings is 1. The summed E-state index contributed by atoms with van der Waals surface area (Å²) in [5.74, 6) is -0.141. The second kappa shape index (κ2) is 5.84. The van der Waals surface area contributed by atoms with Crippen LogP contribution in [0.1, 0.15) is 45.4 Å². The molecule has 1 N–H and O–H groups in total. The van der Waals surface area contributed by atoms with Crippen LogP contribution in [0.3, 0.4) is 0 Å². The van der Waals surface area contributed by atoms with Crippen molar-refractivity contribution in [3.05, 3.63) is 29.6 Å². The predicted molar refractivity (Wildman–Crippen MR) is 80.5 cm³/mol. The van der Waals surface area contributed by atoms with Gasteiger partial charge in [0.05, 0.1) is 12.2 Å². The van der Waals surface area contributed by atoms with Crippen LogP contribution in [0.5, 0.6) is 0 Å². The summed E-state index contributed by atoms with van der Waals surface area (Å²) in [7, 11) is 0. The molecule has 21 heavy (non-hydrogen) atoms. The molecular weight excluding hydrogens is 266 g/mol. The highest BCUT2D eigenvalue weighted by atomic mass is 16.2. The van der Waals surface area contributed by atoms with Gasteiger partial charge in [-0.1, -0.05) is 19.9 Å². The summed E-state index contributed by atoms with van der Waals surface area (Å²) in [5, 5.41) is 2.80. The van der Waals surface area contributed by atoms with Gasteiger partial charge in [-0.05, 0) is 38.3 Å². The number of nitrogens with one attached hydrogen (secondary N) is 1. The molecule has 2 heterocycles. The maximum absolute atomic E-state index is 12.6. The van der Waals surface area contributed by atoms with Crippen molar-refractivity contribution in [1.82, 2.24) is 15.2 Å². The normalized spacial score (nSPS) is 21.3. The molecule has 1 saturated heterocycles. The van der Waals surface area contributed by atoms with Gasteiger partial charge in [0.2, 0.25) is 11.8 Å². The molecule has 2 rings (SSSR count). The lowest BCUT2D eigenvalue weighted by atomic mass is 9.95. The molecule has 1 aromatic rings. The standard InChI is InChI=1S/C16H23N3O2/c1-5-11-8-7-9-17-12(11)10-19-13(6-2)14(20)18-16(3,4)15(19)21/h7-9,13H,5-6,10H2,1-4H3,(H,18,20). The Morgan fingerprint density at radius 1 is 1.33 bits per heavy atom. The van der Waals surface area contributed by atoms with Gasteiger partial charge in [-0.25, -0.2) is 0 Å². The molecular formula is C16H23N3O2. The molecule has 1 fully saturated rings. The summed E-state index contributed by atoms with van der Waals surface area (Å²) in [4.78, 5) is 30.9. The van der Waals surface area contributed by atoms with Crippen LogP contribution in [0.25, 0.3) is 0 Å². The van der Waals surface area contributed by atoms with Gasteiger partial charge in [0.15, 0.2) is 0 Å². The summed E-state index contributed by atoms with van der Waals surface area (Å²) in [6, 6.07) is 3.49. The van der Waals surface area contributed by atoms with E-state index in [9.17, 15) is 9.59 Å². The molecule has 0 bridgehead atoms. The monoisotopic (exact) mass is 289 g/mol. The molecule has 1 aliphatic heterocycles. The van der Waals surface area contributed by atoms with Gasteiger partial charge >= 0.3 is 0 Å². The maximum Gasteiger partial charge on any atom is 0.248 e. The van der Waals surface area contributed by atoms with E-state index in [4.69, 9.17) is 0 Å². The van der Waals surface area contributed by atoms with Crippen molar-refractivity contribution in [3.63, 3.8) is 0 Å². The molecule has 0 radical (unpaired) electrons. The van der Waals surface area contributed by atoms with Crippen molar-refractivity contribution in [1.29, 1.82) is 0 Å². The number of carbonyl (C=O) groups is 2. The number of rotatable bonds is 4. The topological polar surface area (TPSA) is 62.3 Å². The number of aryl methyl sites for hydroxylation is 1. The number of aromatic nitrogens is 1. The van der Waals surface area contributed by atoms with Gasteiger partial charge in [-0.2, -0.15) is 0 Å². The number of hydrogen-bond acceptors (Lipinski definition) is 3. The molecule has 0 spiro atoms. The van der Waals surface area contributed by atoms with Crippen LogP contribution in [0.4, 0.5) is 0 Å². The quantitative estimate of drug-likeness (QED) is 0.917. The van der Waals surface area contributed by atoms with Crippen molar-refractivity contribution in [3.8, 4) is 0 Å². The molecule has 5 heteroatoms. The first kappa shape index (κ1) is 15.5. The van der Waals surface area contributed by atoms with Gasteiger partial charge in [-0.3, -0.25) is 14.6 Å². The lowest BCUT2D eigenvalue weighted by molar-refractivity contribution is -0.154. The average molecular weight is 289 g/mol. The summed E-state index contributed by atoms with van der Waals surface area (Å²) in [6.45, 7) is 7.85. The summed E-state index contributed by atoms with van der Waals surface area (Å²) >= 11 is 0. The van der Waals surface area contributed by atoms with E-state index < -0.39 is 11.6 Å². The number of hydrogen-bond donors (Lipinski definition) is 1. The van der Waals surface area contributed by atoms with Crippen LogP contribution in [0.15, 0.2) is 18.3 Å². The number of carbonyl (C=O) groups excluding carboxylic acids is 2. The second-order valence-electron chi connectivity index (χ2n) is 5.93.